The Hall–Kier alpha value is -0.860. The molecule has 0 saturated carbocycles. The number of guanidine groups is 1. The van der Waals surface area contributed by atoms with Crippen LogP contribution in [-0.4, -0.2) is 36.2 Å². The van der Waals surface area contributed by atoms with Crippen molar-refractivity contribution in [1.82, 2.24) is 20.8 Å². The molecular formula is C18H36IN5O. The van der Waals surface area contributed by atoms with Crippen molar-refractivity contribution in [3.05, 3.63) is 11.7 Å². The highest BCUT2D eigenvalue weighted by atomic mass is 127. The Morgan fingerprint density at radius 1 is 0.960 bits per heavy atom. The molecular weight excluding hydrogens is 429 g/mol. The highest BCUT2D eigenvalue weighted by Crippen LogP contribution is 2.07. The summed E-state index contributed by atoms with van der Waals surface area (Å²) in [6.07, 6.45) is 12.5. The van der Waals surface area contributed by atoms with E-state index in [1.807, 2.05) is 14.0 Å². The summed E-state index contributed by atoms with van der Waals surface area (Å²) in [6.45, 7) is 5.93. The molecule has 0 aliphatic carbocycles. The molecule has 1 aromatic heterocycles. The fourth-order valence-corrected chi connectivity index (χ4v) is 2.57. The normalized spacial score (nSPS) is 11.2. The Morgan fingerprint density at radius 2 is 1.56 bits per heavy atom. The standard InChI is InChI=1S/C18H35N5O.HI/c1-4-5-6-7-8-9-10-11-14-20-18(19-3)21-15-12-13-17-22-16(2)23-24-17;/h4-15H2,1-3H3,(H2,19,20,21);1H. The average molecular weight is 465 g/mol. The molecule has 0 aliphatic heterocycles. The molecule has 6 nitrogen and oxygen atoms in total. The second-order valence-electron chi connectivity index (χ2n) is 6.24. The van der Waals surface area contributed by atoms with Crippen molar-refractivity contribution in [3.63, 3.8) is 0 Å². The molecule has 25 heavy (non-hydrogen) atoms. The largest absolute Gasteiger partial charge is 0.356 e. The first-order valence-corrected chi connectivity index (χ1v) is 9.50. The fraction of sp³-hybridized carbons (Fsp3) is 0.833. The lowest BCUT2D eigenvalue weighted by Crippen LogP contribution is -2.38. The average Bonchev–Trinajstić information content (AvgIpc) is 3.00. The zero-order valence-electron chi connectivity index (χ0n) is 16.1. The zero-order chi connectivity index (χ0) is 17.5. The molecule has 146 valence electrons. The van der Waals surface area contributed by atoms with Gasteiger partial charge in [-0.3, -0.25) is 4.99 Å². The van der Waals surface area contributed by atoms with Gasteiger partial charge in [-0.15, -0.1) is 24.0 Å². The number of nitrogens with one attached hydrogen (secondary N) is 2. The van der Waals surface area contributed by atoms with Gasteiger partial charge in [0.15, 0.2) is 11.8 Å². The molecule has 0 aromatic carbocycles. The lowest BCUT2D eigenvalue weighted by Gasteiger charge is -2.11. The number of hydrogen-bond acceptors (Lipinski definition) is 4. The van der Waals surface area contributed by atoms with Gasteiger partial charge in [-0.2, -0.15) is 4.98 Å². The van der Waals surface area contributed by atoms with Crippen molar-refractivity contribution in [3.8, 4) is 0 Å². The maximum absolute atomic E-state index is 5.10. The van der Waals surface area contributed by atoms with Crippen molar-refractivity contribution >= 4 is 29.9 Å². The monoisotopic (exact) mass is 465 g/mol. The minimum Gasteiger partial charge on any atom is -0.356 e. The highest BCUT2D eigenvalue weighted by molar-refractivity contribution is 14.0. The Labute approximate surface area is 170 Å². The maximum atomic E-state index is 5.10. The van der Waals surface area contributed by atoms with Gasteiger partial charge in [-0.1, -0.05) is 57.0 Å². The topological polar surface area (TPSA) is 75.3 Å². The summed E-state index contributed by atoms with van der Waals surface area (Å²) in [5.41, 5.74) is 0. The van der Waals surface area contributed by atoms with Crippen LogP contribution < -0.4 is 10.6 Å². The van der Waals surface area contributed by atoms with Crippen molar-refractivity contribution in [2.45, 2.75) is 78.1 Å². The lowest BCUT2D eigenvalue weighted by molar-refractivity contribution is 0.372. The van der Waals surface area contributed by atoms with Crippen LogP contribution in [0.1, 0.15) is 76.4 Å². The molecule has 0 bridgehead atoms. The highest BCUT2D eigenvalue weighted by Gasteiger charge is 2.02. The van der Waals surface area contributed by atoms with E-state index in [-0.39, 0.29) is 24.0 Å². The van der Waals surface area contributed by atoms with Gasteiger partial charge in [0, 0.05) is 26.6 Å². The first kappa shape index (κ1) is 24.1. The first-order valence-electron chi connectivity index (χ1n) is 9.50. The van der Waals surface area contributed by atoms with Gasteiger partial charge < -0.3 is 15.2 Å². The summed E-state index contributed by atoms with van der Waals surface area (Å²) in [4.78, 5) is 8.44. The summed E-state index contributed by atoms with van der Waals surface area (Å²) in [5, 5.41) is 10.5. The van der Waals surface area contributed by atoms with Crippen molar-refractivity contribution in [2.24, 2.45) is 4.99 Å². The third-order valence-electron chi connectivity index (χ3n) is 3.98. The second kappa shape index (κ2) is 16.6. The molecule has 2 N–H and O–H groups in total. The summed E-state index contributed by atoms with van der Waals surface area (Å²) in [5.74, 6) is 2.27. The van der Waals surface area contributed by atoms with Crippen LogP contribution in [0.4, 0.5) is 0 Å². The van der Waals surface area contributed by atoms with E-state index < -0.39 is 0 Å². The number of aryl methyl sites for hydroxylation is 2. The summed E-state index contributed by atoms with van der Waals surface area (Å²) in [7, 11) is 1.81. The number of aliphatic imine (C=N–C) groups is 1. The molecule has 7 heteroatoms. The fourth-order valence-electron chi connectivity index (χ4n) is 2.57. The van der Waals surface area contributed by atoms with Crippen LogP contribution in [0.2, 0.25) is 0 Å². The van der Waals surface area contributed by atoms with Crippen LogP contribution in [0.5, 0.6) is 0 Å². The number of halogens is 1. The molecule has 0 amide bonds. The summed E-state index contributed by atoms with van der Waals surface area (Å²) in [6, 6.07) is 0. The number of unbranched alkanes of at least 4 members (excludes halogenated alkanes) is 7. The molecule has 0 unspecified atom stereocenters. The van der Waals surface area contributed by atoms with Crippen molar-refractivity contribution in [1.29, 1.82) is 0 Å². The Bertz CT molecular complexity index is 450. The third kappa shape index (κ3) is 13.1. The minimum atomic E-state index is 0. The summed E-state index contributed by atoms with van der Waals surface area (Å²) >= 11 is 0. The van der Waals surface area contributed by atoms with Crippen LogP contribution in [-0.2, 0) is 6.42 Å². The Kier molecular flexibility index (Phi) is 16.0. The van der Waals surface area contributed by atoms with Gasteiger partial charge in [0.2, 0.25) is 5.89 Å². The Balaban J connectivity index is 0.00000576. The number of hydrogen-bond donors (Lipinski definition) is 2. The predicted octanol–water partition coefficient (Wildman–Crippen LogP) is 4.23. The lowest BCUT2D eigenvalue weighted by atomic mass is 10.1. The van der Waals surface area contributed by atoms with E-state index in [1.165, 1.54) is 51.4 Å². The van der Waals surface area contributed by atoms with Crippen LogP contribution in [0.25, 0.3) is 0 Å². The van der Waals surface area contributed by atoms with Gasteiger partial charge in [0.1, 0.15) is 0 Å². The zero-order valence-corrected chi connectivity index (χ0v) is 18.5. The molecule has 0 radical (unpaired) electrons. The number of nitrogens with zero attached hydrogens (tertiary/aromatic N) is 3. The second-order valence-corrected chi connectivity index (χ2v) is 6.24. The van der Waals surface area contributed by atoms with Gasteiger partial charge >= 0.3 is 0 Å². The van der Waals surface area contributed by atoms with E-state index in [9.17, 15) is 0 Å². The van der Waals surface area contributed by atoms with E-state index in [0.29, 0.717) is 11.7 Å². The van der Waals surface area contributed by atoms with Crippen molar-refractivity contribution in [2.75, 3.05) is 20.1 Å². The third-order valence-corrected chi connectivity index (χ3v) is 3.98. The SMILES string of the molecule is CCCCCCCCCCNC(=NC)NCCCc1nc(C)no1.I. The predicted molar refractivity (Wildman–Crippen MR) is 115 cm³/mol. The smallest absolute Gasteiger partial charge is 0.226 e. The van der Waals surface area contributed by atoms with E-state index in [1.54, 1.807) is 0 Å². The molecule has 0 spiro atoms. The van der Waals surface area contributed by atoms with Gasteiger partial charge in [-0.25, -0.2) is 0 Å². The molecule has 1 rings (SSSR count). The molecule has 1 heterocycles. The van der Waals surface area contributed by atoms with Crippen LogP contribution >= 0.6 is 24.0 Å². The van der Waals surface area contributed by atoms with Crippen LogP contribution in [0.15, 0.2) is 9.52 Å². The van der Waals surface area contributed by atoms with E-state index in [2.05, 4.69) is 32.7 Å². The first-order chi connectivity index (χ1) is 11.8. The minimum absolute atomic E-state index is 0. The number of rotatable bonds is 13. The Morgan fingerprint density at radius 3 is 2.12 bits per heavy atom. The quantitative estimate of drug-likeness (QED) is 0.197. The van der Waals surface area contributed by atoms with Crippen LogP contribution in [0, 0.1) is 6.92 Å². The molecule has 1 aromatic rings. The van der Waals surface area contributed by atoms with Gasteiger partial charge in [0.05, 0.1) is 0 Å². The van der Waals surface area contributed by atoms with E-state index in [0.717, 1.165) is 31.9 Å². The van der Waals surface area contributed by atoms with Crippen molar-refractivity contribution < 1.29 is 4.52 Å². The maximum Gasteiger partial charge on any atom is 0.226 e. The van der Waals surface area contributed by atoms with E-state index >= 15 is 0 Å². The molecule has 0 fully saturated rings. The number of aromatic nitrogens is 2. The molecule has 0 atom stereocenters. The van der Waals surface area contributed by atoms with Crippen LogP contribution in [0.3, 0.4) is 0 Å². The molecule has 0 saturated heterocycles. The van der Waals surface area contributed by atoms with E-state index in [4.69, 9.17) is 4.52 Å². The molecule has 0 aliphatic rings. The van der Waals surface area contributed by atoms with Gasteiger partial charge in [-0.05, 0) is 19.8 Å². The summed E-state index contributed by atoms with van der Waals surface area (Å²) < 4.78 is 5.10. The van der Waals surface area contributed by atoms with Gasteiger partial charge in [0.25, 0.3) is 0 Å².